The standard InChI is InChI=1S/C16H25NO2/c1-4-10-17-15(12-16(18)19-5-2)11-14-8-6-13(3)7-9-14/h6-9,15,17H,4-5,10-12H2,1-3H3. The first-order valence-corrected chi connectivity index (χ1v) is 7.10. The Hall–Kier alpha value is -1.35. The van der Waals surface area contributed by atoms with Crippen LogP contribution < -0.4 is 5.32 Å². The Morgan fingerprint density at radius 3 is 2.53 bits per heavy atom. The Balaban J connectivity index is 2.57. The van der Waals surface area contributed by atoms with Crippen molar-refractivity contribution in [3.05, 3.63) is 35.4 Å². The number of esters is 1. The lowest BCUT2D eigenvalue weighted by Gasteiger charge is -2.18. The molecule has 1 N–H and O–H groups in total. The number of hydrogen-bond donors (Lipinski definition) is 1. The minimum Gasteiger partial charge on any atom is -0.466 e. The second-order valence-electron chi connectivity index (χ2n) is 4.85. The Morgan fingerprint density at radius 1 is 1.26 bits per heavy atom. The molecule has 0 aliphatic heterocycles. The number of hydrogen-bond acceptors (Lipinski definition) is 3. The van der Waals surface area contributed by atoms with Gasteiger partial charge in [-0.2, -0.15) is 0 Å². The molecule has 3 nitrogen and oxygen atoms in total. The minimum atomic E-state index is -0.122. The highest BCUT2D eigenvalue weighted by Crippen LogP contribution is 2.09. The average molecular weight is 263 g/mol. The molecule has 1 unspecified atom stereocenters. The van der Waals surface area contributed by atoms with E-state index in [1.165, 1.54) is 11.1 Å². The van der Waals surface area contributed by atoms with E-state index in [4.69, 9.17) is 4.74 Å². The molecule has 0 spiro atoms. The molecule has 19 heavy (non-hydrogen) atoms. The van der Waals surface area contributed by atoms with Crippen LogP contribution in [0.25, 0.3) is 0 Å². The number of rotatable bonds is 8. The summed E-state index contributed by atoms with van der Waals surface area (Å²) < 4.78 is 5.03. The third-order valence-electron chi connectivity index (χ3n) is 3.00. The van der Waals surface area contributed by atoms with Crippen LogP contribution in [0.3, 0.4) is 0 Å². The highest BCUT2D eigenvalue weighted by atomic mass is 16.5. The Bertz CT molecular complexity index is 373. The van der Waals surface area contributed by atoms with Crippen LogP contribution in [0.1, 0.15) is 37.8 Å². The van der Waals surface area contributed by atoms with Gasteiger partial charge < -0.3 is 10.1 Å². The van der Waals surface area contributed by atoms with Crippen molar-refractivity contribution in [1.82, 2.24) is 5.32 Å². The van der Waals surface area contributed by atoms with E-state index >= 15 is 0 Å². The molecular weight excluding hydrogens is 238 g/mol. The molecule has 0 heterocycles. The van der Waals surface area contributed by atoms with E-state index in [0.29, 0.717) is 13.0 Å². The third-order valence-corrected chi connectivity index (χ3v) is 3.00. The van der Waals surface area contributed by atoms with Crippen molar-refractivity contribution in [1.29, 1.82) is 0 Å². The fraction of sp³-hybridized carbons (Fsp3) is 0.562. The van der Waals surface area contributed by atoms with E-state index in [1.807, 2.05) is 6.92 Å². The maximum atomic E-state index is 11.6. The number of carbonyl (C=O) groups is 1. The van der Waals surface area contributed by atoms with Gasteiger partial charge in [-0.25, -0.2) is 0 Å². The molecule has 1 aromatic carbocycles. The van der Waals surface area contributed by atoms with Crippen LogP contribution >= 0.6 is 0 Å². The third kappa shape index (κ3) is 6.39. The fourth-order valence-electron chi connectivity index (χ4n) is 1.99. The Kier molecular flexibility index (Phi) is 7.19. The Morgan fingerprint density at radius 2 is 1.95 bits per heavy atom. The molecule has 0 radical (unpaired) electrons. The monoisotopic (exact) mass is 263 g/mol. The van der Waals surface area contributed by atoms with Gasteiger partial charge in [-0.3, -0.25) is 4.79 Å². The lowest BCUT2D eigenvalue weighted by atomic mass is 10.0. The molecule has 3 heteroatoms. The number of nitrogens with one attached hydrogen (secondary N) is 1. The fourth-order valence-corrected chi connectivity index (χ4v) is 1.99. The molecule has 1 aromatic rings. The van der Waals surface area contributed by atoms with Gasteiger partial charge >= 0.3 is 5.97 Å². The van der Waals surface area contributed by atoms with E-state index < -0.39 is 0 Å². The van der Waals surface area contributed by atoms with Gasteiger partial charge in [-0.05, 0) is 38.8 Å². The van der Waals surface area contributed by atoms with Crippen LogP contribution in [0.4, 0.5) is 0 Å². The van der Waals surface area contributed by atoms with E-state index in [9.17, 15) is 4.79 Å². The highest BCUT2D eigenvalue weighted by molar-refractivity contribution is 5.70. The quantitative estimate of drug-likeness (QED) is 0.733. The van der Waals surface area contributed by atoms with E-state index in [1.54, 1.807) is 0 Å². The summed E-state index contributed by atoms with van der Waals surface area (Å²) in [4.78, 5) is 11.6. The van der Waals surface area contributed by atoms with Crippen molar-refractivity contribution in [2.24, 2.45) is 0 Å². The summed E-state index contributed by atoms with van der Waals surface area (Å²) in [5.74, 6) is -0.122. The van der Waals surface area contributed by atoms with Gasteiger partial charge in [0.2, 0.25) is 0 Å². The summed E-state index contributed by atoms with van der Waals surface area (Å²) in [7, 11) is 0. The van der Waals surface area contributed by atoms with E-state index in [-0.39, 0.29) is 12.0 Å². The molecule has 106 valence electrons. The zero-order valence-electron chi connectivity index (χ0n) is 12.2. The topological polar surface area (TPSA) is 38.3 Å². The summed E-state index contributed by atoms with van der Waals surface area (Å²) in [6, 6.07) is 8.62. The van der Waals surface area contributed by atoms with E-state index in [2.05, 4.69) is 43.4 Å². The van der Waals surface area contributed by atoms with E-state index in [0.717, 1.165) is 19.4 Å². The molecule has 0 saturated heterocycles. The summed E-state index contributed by atoms with van der Waals surface area (Å²) in [5.41, 5.74) is 2.51. The summed E-state index contributed by atoms with van der Waals surface area (Å²) in [6.45, 7) is 7.42. The molecule has 0 aliphatic carbocycles. The molecule has 0 amide bonds. The van der Waals surface area contributed by atoms with Crippen molar-refractivity contribution >= 4 is 5.97 Å². The zero-order valence-corrected chi connectivity index (χ0v) is 12.2. The SMILES string of the molecule is CCCNC(CC(=O)OCC)Cc1ccc(C)cc1. The van der Waals surface area contributed by atoms with Crippen molar-refractivity contribution in [2.75, 3.05) is 13.2 Å². The summed E-state index contributed by atoms with van der Waals surface area (Å²) >= 11 is 0. The number of aryl methyl sites for hydroxylation is 1. The number of benzene rings is 1. The molecule has 0 aromatic heterocycles. The van der Waals surface area contributed by atoms with Gasteiger partial charge in [0.25, 0.3) is 0 Å². The summed E-state index contributed by atoms with van der Waals surface area (Å²) in [5, 5.41) is 3.42. The molecule has 1 rings (SSSR count). The largest absolute Gasteiger partial charge is 0.466 e. The van der Waals surface area contributed by atoms with Crippen LogP contribution in [0.5, 0.6) is 0 Å². The lowest BCUT2D eigenvalue weighted by Crippen LogP contribution is -2.34. The predicted octanol–water partition coefficient (Wildman–Crippen LogP) is 2.86. The zero-order chi connectivity index (χ0) is 14.1. The van der Waals surface area contributed by atoms with Gasteiger partial charge in [0.15, 0.2) is 0 Å². The van der Waals surface area contributed by atoms with Crippen molar-refractivity contribution < 1.29 is 9.53 Å². The van der Waals surface area contributed by atoms with Crippen molar-refractivity contribution in [3.8, 4) is 0 Å². The van der Waals surface area contributed by atoms with Crippen molar-refractivity contribution in [3.63, 3.8) is 0 Å². The second-order valence-corrected chi connectivity index (χ2v) is 4.85. The molecule has 1 atom stereocenters. The van der Waals surface area contributed by atoms with Gasteiger partial charge in [0, 0.05) is 6.04 Å². The first kappa shape index (κ1) is 15.7. The van der Waals surface area contributed by atoms with Gasteiger partial charge in [0.1, 0.15) is 0 Å². The van der Waals surface area contributed by atoms with Crippen LogP contribution in [0.2, 0.25) is 0 Å². The molecule has 0 bridgehead atoms. The molecule has 0 fully saturated rings. The molecule has 0 aliphatic rings. The second kappa shape index (κ2) is 8.70. The maximum Gasteiger partial charge on any atom is 0.307 e. The van der Waals surface area contributed by atoms with Crippen molar-refractivity contribution in [2.45, 2.75) is 46.1 Å². The highest BCUT2D eigenvalue weighted by Gasteiger charge is 2.14. The molecular formula is C16H25NO2. The number of carbonyl (C=O) groups excluding carboxylic acids is 1. The Labute approximate surface area is 116 Å². The normalized spacial score (nSPS) is 12.2. The smallest absolute Gasteiger partial charge is 0.307 e. The van der Waals surface area contributed by atoms with Crippen LogP contribution in [0, 0.1) is 6.92 Å². The van der Waals surface area contributed by atoms with Crippen LogP contribution in [-0.2, 0) is 16.0 Å². The maximum absolute atomic E-state index is 11.6. The van der Waals surface area contributed by atoms with Gasteiger partial charge in [-0.15, -0.1) is 0 Å². The first-order chi connectivity index (χ1) is 9.15. The first-order valence-electron chi connectivity index (χ1n) is 7.10. The van der Waals surface area contributed by atoms with Crippen LogP contribution in [0.15, 0.2) is 24.3 Å². The van der Waals surface area contributed by atoms with Gasteiger partial charge in [-0.1, -0.05) is 36.8 Å². The lowest BCUT2D eigenvalue weighted by molar-refractivity contribution is -0.143. The average Bonchev–Trinajstić information content (AvgIpc) is 2.39. The summed E-state index contributed by atoms with van der Waals surface area (Å²) in [6.07, 6.45) is 2.36. The molecule has 0 saturated carbocycles. The van der Waals surface area contributed by atoms with Gasteiger partial charge in [0.05, 0.1) is 13.0 Å². The number of ether oxygens (including phenoxy) is 1. The van der Waals surface area contributed by atoms with Crippen LogP contribution in [-0.4, -0.2) is 25.2 Å². The predicted molar refractivity (Wildman–Crippen MR) is 78.2 cm³/mol. The minimum absolute atomic E-state index is 0.122.